The lowest BCUT2D eigenvalue weighted by molar-refractivity contribution is 0.485. The molecule has 0 bridgehead atoms. The first-order valence-electron chi connectivity index (χ1n) is 9.29. The van der Waals surface area contributed by atoms with E-state index < -0.39 is 0 Å². The van der Waals surface area contributed by atoms with Crippen molar-refractivity contribution >= 4 is 11.1 Å². The van der Waals surface area contributed by atoms with Crippen molar-refractivity contribution in [2.75, 3.05) is 0 Å². The van der Waals surface area contributed by atoms with Crippen LogP contribution >= 0.6 is 0 Å². The molecule has 0 amide bonds. The molecule has 0 saturated heterocycles. The molecule has 0 unspecified atom stereocenters. The maximum Gasteiger partial charge on any atom is 0.351 e. The van der Waals surface area contributed by atoms with Crippen molar-refractivity contribution in [1.29, 1.82) is 0 Å². The van der Waals surface area contributed by atoms with Crippen molar-refractivity contribution in [3.05, 3.63) is 28.5 Å². The van der Waals surface area contributed by atoms with Crippen molar-refractivity contribution in [3.8, 4) is 0 Å². The van der Waals surface area contributed by atoms with Crippen LogP contribution in [-0.4, -0.2) is 9.55 Å². The van der Waals surface area contributed by atoms with Gasteiger partial charge in [-0.15, -0.1) is 0 Å². The molecule has 0 aliphatic heterocycles. The van der Waals surface area contributed by atoms with Crippen LogP contribution in [0, 0.1) is 0 Å². The fraction of sp³-hybridized carbons (Fsp3) is 0.684. The molecule has 2 aromatic heterocycles. The lowest BCUT2D eigenvalue weighted by Crippen LogP contribution is -2.24. The van der Waals surface area contributed by atoms with Crippen molar-refractivity contribution in [3.63, 3.8) is 0 Å². The van der Waals surface area contributed by atoms with Gasteiger partial charge in [0.25, 0.3) is 0 Å². The van der Waals surface area contributed by atoms with Crippen LogP contribution < -0.4 is 5.69 Å². The Balaban J connectivity index is 1.63. The Hall–Kier alpha value is -1.58. The molecule has 1 aliphatic carbocycles. The van der Waals surface area contributed by atoms with Gasteiger partial charge in [0, 0.05) is 18.7 Å². The van der Waals surface area contributed by atoms with Gasteiger partial charge < -0.3 is 4.42 Å². The van der Waals surface area contributed by atoms with Crippen molar-refractivity contribution in [1.82, 2.24) is 9.55 Å². The number of hydrogen-bond acceptors (Lipinski definition) is 3. The van der Waals surface area contributed by atoms with Gasteiger partial charge in [-0.25, -0.2) is 4.79 Å². The number of aromatic nitrogens is 2. The lowest BCUT2D eigenvalue weighted by atomic mass is 10.1. The van der Waals surface area contributed by atoms with Crippen molar-refractivity contribution < 1.29 is 4.42 Å². The van der Waals surface area contributed by atoms with Crippen LogP contribution in [-0.2, 0) is 6.42 Å². The summed E-state index contributed by atoms with van der Waals surface area (Å²) >= 11 is 0. The average molecular weight is 316 g/mol. The van der Waals surface area contributed by atoms with Crippen molar-refractivity contribution in [2.45, 2.75) is 83.6 Å². The predicted octanol–water partition coefficient (Wildman–Crippen LogP) is 5.01. The fourth-order valence-corrected chi connectivity index (χ4v) is 3.62. The number of unbranched alkanes of at least 4 members (excludes halogenated alkanes) is 5. The molecule has 126 valence electrons. The molecule has 4 nitrogen and oxygen atoms in total. The number of hydrogen-bond donors (Lipinski definition) is 0. The van der Waals surface area contributed by atoms with Gasteiger partial charge in [0.05, 0.1) is 5.39 Å². The molecule has 0 atom stereocenters. The molecule has 1 aliphatic rings. The van der Waals surface area contributed by atoms with Crippen LogP contribution in [0.1, 0.15) is 82.9 Å². The minimum absolute atomic E-state index is 0.162. The Kier molecular flexibility index (Phi) is 5.52. The number of aryl methyl sites for hydroxylation is 1. The van der Waals surface area contributed by atoms with Gasteiger partial charge in [0.1, 0.15) is 5.76 Å². The number of fused-ring (bicyclic) bond motifs is 1. The summed E-state index contributed by atoms with van der Waals surface area (Å²) in [7, 11) is 0. The molecule has 0 aromatic carbocycles. The first-order valence-corrected chi connectivity index (χ1v) is 9.29. The van der Waals surface area contributed by atoms with E-state index in [-0.39, 0.29) is 5.69 Å². The molecule has 0 radical (unpaired) electrons. The second-order valence-corrected chi connectivity index (χ2v) is 6.86. The lowest BCUT2D eigenvalue weighted by Gasteiger charge is -2.11. The smallest absolute Gasteiger partial charge is 0.351 e. The highest BCUT2D eigenvalue weighted by Gasteiger charge is 2.19. The molecule has 3 rings (SSSR count). The average Bonchev–Trinajstić information content (AvgIpc) is 3.18. The summed E-state index contributed by atoms with van der Waals surface area (Å²) in [5.41, 5.74) is 0.343. The number of rotatable bonds is 8. The van der Waals surface area contributed by atoms with E-state index in [1.54, 1.807) is 0 Å². The Morgan fingerprint density at radius 1 is 1.17 bits per heavy atom. The third-order valence-electron chi connectivity index (χ3n) is 4.98. The number of nitrogens with zero attached hydrogens (tertiary/aromatic N) is 2. The van der Waals surface area contributed by atoms with Gasteiger partial charge in [-0.2, -0.15) is 4.98 Å². The SMILES string of the molecule is CCCCCCCCc1cc2cn(C3CCCC3)c(=O)nc2o1. The van der Waals surface area contributed by atoms with Gasteiger partial charge in [0.15, 0.2) is 0 Å². The summed E-state index contributed by atoms with van der Waals surface area (Å²) in [5, 5.41) is 0.970. The second kappa shape index (κ2) is 7.80. The van der Waals surface area contributed by atoms with Crippen LogP contribution in [0.25, 0.3) is 11.1 Å². The van der Waals surface area contributed by atoms with E-state index in [2.05, 4.69) is 18.0 Å². The molecule has 1 saturated carbocycles. The molecule has 0 spiro atoms. The predicted molar refractivity (Wildman–Crippen MR) is 92.9 cm³/mol. The Bertz CT molecular complexity index is 680. The molecule has 2 heterocycles. The van der Waals surface area contributed by atoms with Gasteiger partial charge >= 0.3 is 5.69 Å². The van der Waals surface area contributed by atoms with Crippen LogP contribution in [0.2, 0.25) is 0 Å². The zero-order valence-corrected chi connectivity index (χ0v) is 14.2. The van der Waals surface area contributed by atoms with E-state index in [4.69, 9.17) is 4.42 Å². The Labute approximate surface area is 137 Å². The van der Waals surface area contributed by atoms with E-state index >= 15 is 0 Å². The van der Waals surface area contributed by atoms with Crippen LogP contribution in [0.4, 0.5) is 0 Å². The van der Waals surface area contributed by atoms with E-state index in [1.807, 2.05) is 10.8 Å². The largest absolute Gasteiger partial charge is 0.443 e. The highest BCUT2D eigenvalue weighted by Crippen LogP contribution is 2.29. The molecule has 23 heavy (non-hydrogen) atoms. The Morgan fingerprint density at radius 3 is 2.70 bits per heavy atom. The maximum absolute atomic E-state index is 12.2. The maximum atomic E-state index is 12.2. The zero-order chi connectivity index (χ0) is 16.1. The Morgan fingerprint density at radius 2 is 1.91 bits per heavy atom. The highest BCUT2D eigenvalue weighted by molar-refractivity contribution is 5.72. The molecule has 0 N–H and O–H groups in total. The first-order chi connectivity index (χ1) is 11.3. The molecular weight excluding hydrogens is 288 g/mol. The van der Waals surface area contributed by atoms with E-state index in [0.717, 1.165) is 36.8 Å². The summed E-state index contributed by atoms with van der Waals surface area (Å²) < 4.78 is 7.59. The number of furan rings is 1. The summed E-state index contributed by atoms with van der Waals surface area (Å²) in [6.07, 6.45) is 15.2. The van der Waals surface area contributed by atoms with Gasteiger partial charge in [-0.3, -0.25) is 4.57 Å². The molecule has 2 aromatic rings. The molecular formula is C19H28N2O2. The van der Waals surface area contributed by atoms with Crippen molar-refractivity contribution in [2.24, 2.45) is 0 Å². The zero-order valence-electron chi connectivity index (χ0n) is 14.2. The van der Waals surface area contributed by atoms with Gasteiger partial charge in [0.2, 0.25) is 5.71 Å². The van der Waals surface area contributed by atoms with Gasteiger partial charge in [-0.05, 0) is 25.3 Å². The summed E-state index contributed by atoms with van der Waals surface area (Å²) in [5.74, 6) is 0.964. The summed E-state index contributed by atoms with van der Waals surface area (Å²) in [4.78, 5) is 16.3. The summed E-state index contributed by atoms with van der Waals surface area (Å²) in [6.45, 7) is 2.24. The molecule has 4 heteroatoms. The second-order valence-electron chi connectivity index (χ2n) is 6.86. The molecule has 1 fully saturated rings. The minimum Gasteiger partial charge on any atom is -0.443 e. The topological polar surface area (TPSA) is 48.0 Å². The summed E-state index contributed by atoms with van der Waals surface area (Å²) in [6, 6.07) is 2.40. The van der Waals surface area contributed by atoms with E-state index in [1.165, 1.54) is 44.9 Å². The standard InChI is InChI=1S/C19H28N2O2/c1-2-3-4-5-6-7-12-17-13-15-14-21(16-10-8-9-11-16)19(22)20-18(15)23-17/h13-14,16H,2-12H2,1H3. The van der Waals surface area contributed by atoms with Gasteiger partial charge in [-0.1, -0.05) is 51.9 Å². The van der Waals surface area contributed by atoms with Crippen LogP contribution in [0.3, 0.4) is 0 Å². The van der Waals surface area contributed by atoms with Crippen LogP contribution in [0.15, 0.2) is 21.5 Å². The third kappa shape index (κ3) is 4.04. The van der Waals surface area contributed by atoms with E-state index in [9.17, 15) is 4.79 Å². The normalized spacial score (nSPS) is 15.7. The minimum atomic E-state index is -0.162. The third-order valence-corrected chi connectivity index (χ3v) is 4.98. The van der Waals surface area contributed by atoms with Crippen LogP contribution in [0.5, 0.6) is 0 Å². The quantitative estimate of drug-likeness (QED) is 0.643. The monoisotopic (exact) mass is 316 g/mol. The first kappa shape index (κ1) is 16.3. The fourth-order valence-electron chi connectivity index (χ4n) is 3.62. The van der Waals surface area contributed by atoms with E-state index in [0.29, 0.717) is 11.8 Å². The highest BCUT2D eigenvalue weighted by atomic mass is 16.3.